The highest BCUT2D eigenvalue weighted by molar-refractivity contribution is 7.92. The highest BCUT2D eigenvalue weighted by Gasteiger charge is 2.13. The number of carbonyl (C=O) groups excluding carboxylic acids is 1. The molecule has 0 aliphatic carbocycles. The van der Waals surface area contributed by atoms with Crippen LogP contribution in [0.25, 0.3) is 0 Å². The zero-order valence-corrected chi connectivity index (χ0v) is 18.2. The van der Waals surface area contributed by atoms with Crippen molar-refractivity contribution < 1.29 is 21.6 Å². The number of amides is 1. The molecule has 162 valence electrons. The molecule has 2 aromatic rings. The van der Waals surface area contributed by atoms with Gasteiger partial charge in [0, 0.05) is 23.5 Å². The average Bonchev–Trinajstić information content (AvgIpc) is 2.67. The van der Waals surface area contributed by atoms with E-state index in [1.807, 2.05) is 0 Å². The lowest BCUT2D eigenvalue weighted by atomic mass is 10.1. The molecular weight excluding hydrogens is 426 g/mol. The minimum absolute atomic E-state index is 0.00536. The van der Waals surface area contributed by atoms with Gasteiger partial charge in [-0.25, -0.2) is 21.6 Å². The normalized spacial score (nSPS) is 11.6. The number of anilines is 2. The van der Waals surface area contributed by atoms with Crippen LogP contribution in [-0.4, -0.2) is 35.0 Å². The topological polar surface area (TPSA) is 121 Å². The summed E-state index contributed by atoms with van der Waals surface area (Å²) in [6.07, 6.45) is 1.94. The van der Waals surface area contributed by atoms with Crippen molar-refractivity contribution in [3.8, 4) is 0 Å². The van der Waals surface area contributed by atoms with E-state index < -0.39 is 26.0 Å². The average molecular weight is 452 g/mol. The fourth-order valence-electron chi connectivity index (χ4n) is 2.57. The first-order valence-electron chi connectivity index (χ1n) is 9.23. The molecule has 2 aromatic carbocycles. The molecule has 8 nitrogen and oxygen atoms in total. The summed E-state index contributed by atoms with van der Waals surface area (Å²) < 4.78 is 52.4. The van der Waals surface area contributed by atoms with Gasteiger partial charge in [-0.1, -0.05) is 31.2 Å². The molecule has 0 aliphatic heterocycles. The first kappa shape index (κ1) is 23.6. The molecule has 30 heavy (non-hydrogen) atoms. The summed E-state index contributed by atoms with van der Waals surface area (Å²) in [5, 5.41) is 2.70. The largest absolute Gasteiger partial charge is 0.322 e. The lowest BCUT2D eigenvalue weighted by Crippen LogP contribution is -2.25. The predicted molar refractivity (Wildman–Crippen MR) is 119 cm³/mol. The summed E-state index contributed by atoms with van der Waals surface area (Å²) in [7, 11) is -6.92. The third-order valence-electron chi connectivity index (χ3n) is 3.89. The Balaban J connectivity index is 2.04. The van der Waals surface area contributed by atoms with Gasteiger partial charge in [-0.3, -0.25) is 9.52 Å². The van der Waals surface area contributed by atoms with Gasteiger partial charge < -0.3 is 5.32 Å². The SMILES string of the molecule is C=CCNS(=O)(=O)Cc1ccc(NC(=O)c2cccc(NS(=O)(=O)CCC)c2)cc1. The number of rotatable bonds is 11. The molecule has 2 rings (SSSR count). The Morgan fingerprint density at radius 1 is 1.00 bits per heavy atom. The van der Waals surface area contributed by atoms with E-state index >= 15 is 0 Å². The lowest BCUT2D eigenvalue weighted by Gasteiger charge is -2.10. The van der Waals surface area contributed by atoms with Crippen molar-refractivity contribution >= 4 is 37.3 Å². The van der Waals surface area contributed by atoms with Gasteiger partial charge in [0.2, 0.25) is 20.0 Å². The number of hydrogen-bond acceptors (Lipinski definition) is 5. The monoisotopic (exact) mass is 451 g/mol. The molecule has 0 bridgehead atoms. The predicted octanol–water partition coefficient (Wildman–Crippen LogP) is 2.70. The van der Waals surface area contributed by atoms with Crippen molar-refractivity contribution in [3.05, 3.63) is 72.3 Å². The van der Waals surface area contributed by atoms with Gasteiger partial charge in [-0.15, -0.1) is 6.58 Å². The lowest BCUT2D eigenvalue weighted by molar-refractivity contribution is 0.102. The van der Waals surface area contributed by atoms with Gasteiger partial charge in [-0.05, 0) is 42.3 Å². The maximum Gasteiger partial charge on any atom is 0.255 e. The van der Waals surface area contributed by atoms with E-state index in [-0.39, 0.29) is 23.6 Å². The molecule has 0 unspecified atom stereocenters. The maximum absolute atomic E-state index is 12.5. The first-order valence-corrected chi connectivity index (χ1v) is 12.5. The number of nitrogens with one attached hydrogen (secondary N) is 3. The van der Waals surface area contributed by atoms with Crippen LogP contribution in [0.4, 0.5) is 11.4 Å². The molecule has 0 heterocycles. The highest BCUT2D eigenvalue weighted by Crippen LogP contribution is 2.16. The summed E-state index contributed by atoms with van der Waals surface area (Å²) in [5.74, 6) is -0.608. The zero-order valence-electron chi connectivity index (χ0n) is 16.6. The van der Waals surface area contributed by atoms with Crippen LogP contribution in [-0.2, 0) is 25.8 Å². The third kappa shape index (κ3) is 7.62. The molecule has 1 amide bonds. The molecule has 0 aliphatic rings. The van der Waals surface area contributed by atoms with Crippen LogP contribution in [0.5, 0.6) is 0 Å². The standard InChI is InChI=1S/C20H25N3O5S2/c1-3-12-21-30(27,28)15-16-8-10-18(11-9-16)22-20(24)17-6-5-7-19(14-17)23-29(25,26)13-4-2/h3,5-11,14,21,23H,1,4,12-13,15H2,2H3,(H,22,24). The first-order chi connectivity index (χ1) is 14.1. The Kier molecular flexibility index (Phi) is 8.16. The van der Waals surface area contributed by atoms with Gasteiger partial charge in [0.1, 0.15) is 0 Å². The van der Waals surface area contributed by atoms with Gasteiger partial charge in [0.25, 0.3) is 5.91 Å². The van der Waals surface area contributed by atoms with E-state index in [4.69, 9.17) is 0 Å². The Morgan fingerprint density at radius 3 is 2.33 bits per heavy atom. The van der Waals surface area contributed by atoms with Crippen LogP contribution in [0.2, 0.25) is 0 Å². The fraction of sp³-hybridized carbons (Fsp3) is 0.250. The molecule has 3 N–H and O–H groups in total. The van der Waals surface area contributed by atoms with Crippen LogP contribution in [0.15, 0.2) is 61.2 Å². The number of carbonyl (C=O) groups is 1. The molecule has 10 heteroatoms. The molecule has 0 saturated heterocycles. The molecule has 0 aromatic heterocycles. The van der Waals surface area contributed by atoms with E-state index in [1.165, 1.54) is 12.1 Å². The van der Waals surface area contributed by atoms with Crippen LogP contribution in [0.3, 0.4) is 0 Å². The molecule has 0 fully saturated rings. The van der Waals surface area contributed by atoms with Crippen molar-refractivity contribution in [1.29, 1.82) is 0 Å². The van der Waals surface area contributed by atoms with Crippen molar-refractivity contribution in [2.45, 2.75) is 19.1 Å². The van der Waals surface area contributed by atoms with E-state index in [0.717, 1.165) is 0 Å². The second-order valence-electron chi connectivity index (χ2n) is 6.55. The van der Waals surface area contributed by atoms with Gasteiger partial charge >= 0.3 is 0 Å². The van der Waals surface area contributed by atoms with E-state index in [2.05, 4.69) is 21.3 Å². The van der Waals surface area contributed by atoms with Crippen molar-refractivity contribution in [2.24, 2.45) is 0 Å². The molecule has 0 spiro atoms. The Morgan fingerprint density at radius 2 is 1.70 bits per heavy atom. The van der Waals surface area contributed by atoms with Crippen LogP contribution >= 0.6 is 0 Å². The summed E-state index contributed by atoms with van der Waals surface area (Å²) in [6, 6.07) is 12.6. The molecule has 0 radical (unpaired) electrons. The van der Waals surface area contributed by atoms with E-state index in [1.54, 1.807) is 49.4 Å². The number of sulfonamides is 2. The van der Waals surface area contributed by atoms with Gasteiger partial charge in [0.05, 0.1) is 11.5 Å². The summed E-state index contributed by atoms with van der Waals surface area (Å²) >= 11 is 0. The van der Waals surface area contributed by atoms with E-state index in [9.17, 15) is 21.6 Å². The highest BCUT2D eigenvalue weighted by atomic mass is 32.2. The molecular formula is C20H25N3O5S2. The second-order valence-corrected chi connectivity index (χ2v) is 10.2. The van der Waals surface area contributed by atoms with Crippen molar-refractivity contribution in [3.63, 3.8) is 0 Å². The molecule has 0 saturated carbocycles. The van der Waals surface area contributed by atoms with Crippen LogP contribution in [0, 0.1) is 0 Å². The third-order valence-corrected chi connectivity index (χ3v) is 6.70. The van der Waals surface area contributed by atoms with Crippen LogP contribution < -0.4 is 14.8 Å². The fourth-order valence-corrected chi connectivity index (χ4v) is 4.80. The van der Waals surface area contributed by atoms with E-state index in [0.29, 0.717) is 23.4 Å². The number of benzene rings is 2. The molecule has 0 atom stereocenters. The van der Waals surface area contributed by atoms with Crippen molar-refractivity contribution in [2.75, 3.05) is 22.3 Å². The smallest absolute Gasteiger partial charge is 0.255 e. The quantitative estimate of drug-likeness (QED) is 0.454. The van der Waals surface area contributed by atoms with Crippen LogP contribution in [0.1, 0.15) is 29.3 Å². The Hall–Kier alpha value is -2.69. The summed E-state index contributed by atoms with van der Waals surface area (Å²) in [6.45, 7) is 5.39. The number of hydrogen-bond donors (Lipinski definition) is 3. The second kappa shape index (κ2) is 10.4. The van der Waals surface area contributed by atoms with Crippen molar-refractivity contribution in [1.82, 2.24) is 4.72 Å². The minimum Gasteiger partial charge on any atom is -0.322 e. The Labute approximate surface area is 177 Å². The zero-order chi connectivity index (χ0) is 22.2. The summed E-state index contributed by atoms with van der Waals surface area (Å²) in [5.41, 5.74) is 1.64. The summed E-state index contributed by atoms with van der Waals surface area (Å²) in [4.78, 5) is 12.5. The Bertz CT molecular complexity index is 1100. The van der Waals surface area contributed by atoms with Gasteiger partial charge in [-0.2, -0.15) is 0 Å². The van der Waals surface area contributed by atoms with Gasteiger partial charge in [0.15, 0.2) is 0 Å². The maximum atomic E-state index is 12.5. The minimum atomic E-state index is -3.46.